The average molecular weight is 398 g/mol. The van der Waals surface area contributed by atoms with E-state index in [1.54, 1.807) is 7.11 Å². The largest absolute Gasteiger partial charge is 0.493 e. The van der Waals surface area contributed by atoms with Crippen LogP contribution < -0.4 is 14.8 Å². The first-order valence-electron chi connectivity index (χ1n) is 8.53. The zero-order chi connectivity index (χ0) is 19.1. The second-order valence-corrected chi connectivity index (χ2v) is 6.79. The van der Waals surface area contributed by atoms with Crippen LogP contribution in [0.5, 0.6) is 11.5 Å². The lowest BCUT2D eigenvalue weighted by Gasteiger charge is -2.14. The second kappa shape index (κ2) is 9.40. The van der Waals surface area contributed by atoms with Gasteiger partial charge in [0, 0.05) is 17.1 Å². The van der Waals surface area contributed by atoms with Crippen LogP contribution in [0.3, 0.4) is 0 Å². The van der Waals surface area contributed by atoms with E-state index in [1.165, 1.54) is 5.56 Å². The van der Waals surface area contributed by atoms with Crippen molar-refractivity contribution in [1.29, 1.82) is 0 Å². The molecule has 3 aromatic rings. The number of hydrogen-bond donors (Lipinski definition) is 1. The Kier molecular flexibility index (Phi) is 6.69. The molecule has 0 saturated carbocycles. The van der Waals surface area contributed by atoms with Crippen molar-refractivity contribution in [1.82, 2.24) is 5.32 Å². The zero-order valence-electron chi connectivity index (χ0n) is 14.9. The van der Waals surface area contributed by atoms with Gasteiger partial charge >= 0.3 is 0 Å². The number of nitrogens with one attached hydrogen (secondary N) is 1. The number of halogens is 1. The summed E-state index contributed by atoms with van der Waals surface area (Å²) in [6, 6.07) is 23.4. The van der Waals surface area contributed by atoms with Gasteiger partial charge in [0.15, 0.2) is 11.5 Å². The van der Waals surface area contributed by atoms with Crippen molar-refractivity contribution in [3.05, 3.63) is 94.5 Å². The first-order chi connectivity index (χ1) is 13.2. The summed E-state index contributed by atoms with van der Waals surface area (Å²) < 4.78 is 11.4. The summed E-state index contributed by atoms with van der Waals surface area (Å²) in [5.41, 5.74) is 3.09. The Morgan fingerprint density at radius 1 is 0.926 bits per heavy atom. The summed E-state index contributed by atoms with van der Waals surface area (Å²) in [4.78, 5) is 0.668. The molecule has 0 aliphatic carbocycles. The molecular formula is C22H20ClNO2S. The number of methoxy groups -OCH3 is 1. The Balaban J connectivity index is 1.64. The number of ether oxygens (including phenoxy) is 2. The van der Waals surface area contributed by atoms with E-state index >= 15 is 0 Å². The molecule has 0 aliphatic heterocycles. The van der Waals surface area contributed by atoms with Gasteiger partial charge in [-0.25, -0.2) is 0 Å². The number of rotatable bonds is 7. The van der Waals surface area contributed by atoms with Crippen LogP contribution in [0, 0.1) is 0 Å². The first kappa shape index (κ1) is 19.2. The van der Waals surface area contributed by atoms with E-state index in [2.05, 4.69) is 17.4 Å². The lowest BCUT2D eigenvalue weighted by molar-refractivity contribution is 0.284. The van der Waals surface area contributed by atoms with Gasteiger partial charge in [0.05, 0.1) is 7.11 Å². The van der Waals surface area contributed by atoms with Gasteiger partial charge < -0.3 is 14.8 Å². The lowest BCUT2D eigenvalue weighted by Crippen LogP contribution is -2.21. The van der Waals surface area contributed by atoms with Gasteiger partial charge in [0.25, 0.3) is 0 Å². The van der Waals surface area contributed by atoms with E-state index in [4.69, 9.17) is 33.3 Å². The zero-order valence-corrected chi connectivity index (χ0v) is 16.5. The minimum atomic E-state index is 0.434. The van der Waals surface area contributed by atoms with E-state index in [1.807, 2.05) is 60.7 Å². The summed E-state index contributed by atoms with van der Waals surface area (Å²) in [6.07, 6.45) is 0. The lowest BCUT2D eigenvalue weighted by atomic mass is 10.1. The molecule has 3 aromatic carbocycles. The predicted octanol–water partition coefficient (Wildman–Crippen LogP) is 5.39. The maximum absolute atomic E-state index is 5.91. The molecule has 138 valence electrons. The van der Waals surface area contributed by atoms with Gasteiger partial charge in [0.1, 0.15) is 11.6 Å². The Bertz CT molecular complexity index is 898. The highest BCUT2D eigenvalue weighted by molar-refractivity contribution is 7.80. The highest BCUT2D eigenvalue weighted by atomic mass is 35.5. The van der Waals surface area contributed by atoms with Crippen LogP contribution in [-0.2, 0) is 13.2 Å². The van der Waals surface area contributed by atoms with Crippen LogP contribution in [0.2, 0.25) is 5.02 Å². The molecule has 0 bridgehead atoms. The third-order valence-corrected chi connectivity index (χ3v) is 4.66. The molecule has 3 rings (SSSR count). The van der Waals surface area contributed by atoms with E-state index in [-0.39, 0.29) is 0 Å². The van der Waals surface area contributed by atoms with Crippen molar-refractivity contribution in [2.45, 2.75) is 13.2 Å². The highest BCUT2D eigenvalue weighted by Crippen LogP contribution is 2.29. The standard InChI is InChI=1S/C22H20ClNO2S/c1-25-21-13-18(22(27)24-14-16-5-3-2-4-6-16)9-12-20(21)26-15-17-7-10-19(23)11-8-17/h2-13H,14-15H2,1H3,(H,24,27). The van der Waals surface area contributed by atoms with Gasteiger partial charge in [-0.1, -0.05) is 66.3 Å². The molecule has 0 amide bonds. The maximum Gasteiger partial charge on any atom is 0.161 e. The summed E-state index contributed by atoms with van der Waals surface area (Å²) in [5, 5.41) is 3.98. The molecule has 3 nitrogen and oxygen atoms in total. The fourth-order valence-corrected chi connectivity index (χ4v) is 2.88. The van der Waals surface area contributed by atoms with E-state index in [0.717, 1.165) is 11.1 Å². The molecular weight excluding hydrogens is 378 g/mol. The quantitative estimate of drug-likeness (QED) is 0.541. The molecule has 0 heterocycles. The minimum absolute atomic E-state index is 0.434. The highest BCUT2D eigenvalue weighted by Gasteiger charge is 2.09. The van der Waals surface area contributed by atoms with E-state index in [9.17, 15) is 0 Å². The first-order valence-corrected chi connectivity index (χ1v) is 9.32. The molecule has 0 radical (unpaired) electrons. The monoisotopic (exact) mass is 397 g/mol. The van der Waals surface area contributed by atoms with Gasteiger partial charge in [-0.3, -0.25) is 0 Å². The Hall–Kier alpha value is -2.56. The second-order valence-electron chi connectivity index (χ2n) is 5.95. The number of hydrogen-bond acceptors (Lipinski definition) is 3. The maximum atomic E-state index is 5.91. The Labute approximate surface area is 169 Å². The van der Waals surface area contributed by atoms with Gasteiger partial charge in [-0.2, -0.15) is 0 Å². The van der Waals surface area contributed by atoms with Gasteiger partial charge in [-0.15, -0.1) is 0 Å². The molecule has 0 saturated heterocycles. The fourth-order valence-electron chi connectivity index (χ4n) is 2.55. The normalized spacial score (nSPS) is 10.3. The molecule has 0 unspecified atom stereocenters. The summed E-state index contributed by atoms with van der Waals surface area (Å²) >= 11 is 11.4. The van der Waals surface area contributed by atoms with Crippen LogP contribution in [0.15, 0.2) is 72.8 Å². The molecule has 0 atom stereocenters. The van der Waals surface area contributed by atoms with Crippen molar-refractivity contribution >= 4 is 28.8 Å². The van der Waals surface area contributed by atoms with E-state index in [0.29, 0.717) is 34.7 Å². The number of benzene rings is 3. The predicted molar refractivity (Wildman–Crippen MR) is 114 cm³/mol. The molecule has 27 heavy (non-hydrogen) atoms. The third kappa shape index (κ3) is 5.46. The topological polar surface area (TPSA) is 30.5 Å². The fraction of sp³-hybridized carbons (Fsp3) is 0.136. The molecule has 0 fully saturated rings. The smallest absolute Gasteiger partial charge is 0.161 e. The summed E-state index contributed by atoms with van der Waals surface area (Å²) in [7, 11) is 1.62. The van der Waals surface area contributed by atoms with Crippen LogP contribution in [0.4, 0.5) is 0 Å². The third-order valence-electron chi connectivity index (χ3n) is 4.03. The molecule has 5 heteroatoms. The summed E-state index contributed by atoms with van der Waals surface area (Å²) in [5.74, 6) is 1.31. The number of thiocarbonyl (C=S) groups is 1. The molecule has 0 spiro atoms. The molecule has 0 aliphatic rings. The Morgan fingerprint density at radius 2 is 1.67 bits per heavy atom. The van der Waals surface area contributed by atoms with Crippen molar-refractivity contribution in [3.63, 3.8) is 0 Å². The van der Waals surface area contributed by atoms with Crippen LogP contribution in [-0.4, -0.2) is 12.1 Å². The molecule has 1 N–H and O–H groups in total. The van der Waals surface area contributed by atoms with Crippen LogP contribution in [0.25, 0.3) is 0 Å². The van der Waals surface area contributed by atoms with Crippen LogP contribution in [0.1, 0.15) is 16.7 Å². The van der Waals surface area contributed by atoms with Crippen molar-refractivity contribution < 1.29 is 9.47 Å². The van der Waals surface area contributed by atoms with E-state index < -0.39 is 0 Å². The molecule has 0 aromatic heterocycles. The van der Waals surface area contributed by atoms with Gasteiger partial charge in [-0.05, 0) is 41.5 Å². The average Bonchev–Trinajstić information content (AvgIpc) is 2.72. The Morgan fingerprint density at radius 3 is 2.37 bits per heavy atom. The van der Waals surface area contributed by atoms with Crippen molar-refractivity contribution in [2.24, 2.45) is 0 Å². The van der Waals surface area contributed by atoms with Crippen molar-refractivity contribution in [3.8, 4) is 11.5 Å². The summed E-state index contributed by atoms with van der Waals surface area (Å²) in [6.45, 7) is 1.11. The van der Waals surface area contributed by atoms with Crippen LogP contribution >= 0.6 is 23.8 Å². The SMILES string of the molecule is COc1cc(C(=S)NCc2ccccc2)ccc1OCc1ccc(Cl)cc1. The van der Waals surface area contributed by atoms with Gasteiger partial charge in [0.2, 0.25) is 0 Å². The minimum Gasteiger partial charge on any atom is -0.493 e. The van der Waals surface area contributed by atoms with Crippen molar-refractivity contribution in [2.75, 3.05) is 7.11 Å².